The van der Waals surface area contributed by atoms with E-state index in [4.69, 9.17) is 0 Å². The van der Waals surface area contributed by atoms with Crippen molar-refractivity contribution in [2.75, 3.05) is 0 Å². The van der Waals surface area contributed by atoms with Gasteiger partial charge in [-0.05, 0) is 6.42 Å². The zero-order valence-corrected chi connectivity index (χ0v) is 8.56. The van der Waals surface area contributed by atoms with Crippen molar-refractivity contribution in [3.05, 3.63) is 0 Å². The molecule has 0 rings (SSSR count). The lowest BCUT2D eigenvalue weighted by Gasteiger charge is -2.00. The predicted octanol–water partition coefficient (Wildman–Crippen LogP) is 3.40. The maximum atomic E-state index is 12.5. The van der Waals surface area contributed by atoms with Crippen LogP contribution in [0.15, 0.2) is 0 Å². The molecule has 0 heterocycles. The highest BCUT2D eigenvalue weighted by Crippen LogP contribution is 2.47. The molecule has 0 nitrogen and oxygen atoms in total. The third-order valence-electron chi connectivity index (χ3n) is 1.21. The second kappa shape index (κ2) is 6.43. The molecule has 0 fully saturated rings. The van der Waals surface area contributed by atoms with Crippen molar-refractivity contribution < 1.29 is 8.78 Å². The Bertz CT molecular complexity index is 70.1. The molecule has 62 valence electrons. The van der Waals surface area contributed by atoms with Crippen molar-refractivity contribution in [1.82, 2.24) is 0 Å². The summed E-state index contributed by atoms with van der Waals surface area (Å²) in [7, 11) is -0.0439. The molecule has 4 atom stereocenters. The maximum absolute atomic E-state index is 12.5. The van der Waals surface area contributed by atoms with E-state index in [2.05, 4.69) is 0 Å². The Hall–Kier alpha value is 0.720. The summed E-state index contributed by atoms with van der Waals surface area (Å²) in [6, 6.07) is 0. The first-order chi connectivity index (χ1) is 4.70. The van der Waals surface area contributed by atoms with E-state index in [1.54, 1.807) is 13.8 Å². The van der Waals surface area contributed by atoms with Gasteiger partial charge in [-0.25, -0.2) is 8.78 Å². The van der Waals surface area contributed by atoms with Crippen molar-refractivity contribution in [1.29, 1.82) is 0 Å². The topological polar surface area (TPSA) is 0 Å². The number of halogens is 2. The highest BCUT2D eigenvalue weighted by Gasteiger charge is 2.14. The summed E-state index contributed by atoms with van der Waals surface area (Å²) in [4.78, 5) is 0. The normalized spacial score (nSPS) is 19.2. The van der Waals surface area contributed by atoms with E-state index in [0.717, 1.165) is 0 Å². The molecule has 0 radical (unpaired) electrons. The largest absolute Gasteiger partial charge is 0.239 e. The molecule has 0 amide bonds. The fourth-order valence-electron chi connectivity index (χ4n) is 0.445. The van der Waals surface area contributed by atoms with Gasteiger partial charge in [-0.3, -0.25) is 0 Å². The maximum Gasteiger partial charge on any atom is 0.202 e. The van der Waals surface area contributed by atoms with Crippen LogP contribution in [0, 0.1) is 0 Å². The first-order valence-corrected chi connectivity index (χ1v) is 7.13. The summed E-state index contributed by atoms with van der Waals surface area (Å²) in [5.41, 5.74) is 0. The molecule has 0 N–H and O–H groups in total. The molecule has 0 spiro atoms. The first kappa shape index (κ1) is 10.7. The average molecular weight is 187 g/mol. The van der Waals surface area contributed by atoms with Crippen LogP contribution in [0.2, 0.25) is 0 Å². The second-order valence-corrected chi connectivity index (χ2v) is 6.15. The summed E-state index contributed by atoms with van der Waals surface area (Å²) in [6.45, 7) is 3.61. The molecule has 0 aromatic carbocycles. The second-order valence-electron chi connectivity index (χ2n) is 2.13. The van der Waals surface area contributed by atoms with Gasteiger partial charge in [0, 0.05) is 14.7 Å². The molecule has 0 aliphatic heterocycles. The van der Waals surface area contributed by atoms with Crippen LogP contribution in [-0.2, 0) is 0 Å². The van der Waals surface area contributed by atoms with Crippen LogP contribution in [0.3, 0.4) is 0 Å². The molecule has 0 saturated carbocycles. The number of rotatable bonds is 5. The molecule has 10 heavy (non-hydrogen) atoms. The van der Waals surface area contributed by atoms with Gasteiger partial charge >= 0.3 is 0 Å². The third kappa shape index (κ3) is 5.50. The lowest BCUT2D eigenvalue weighted by Crippen LogP contribution is -1.87. The Morgan fingerprint density at radius 2 is 1.90 bits per heavy atom. The van der Waals surface area contributed by atoms with Gasteiger partial charge in [0.25, 0.3) is 0 Å². The third-order valence-corrected chi connectivity index (χ3v) is 5.75. The van der Waals surface area contributed by atoms with E-state index in [-0.39, 0.29) is 16.5 Å². The van der Waals surface area contributed by atoms with Crippen LogP contribution >= 0.6 is 16.5 Å². The minimum absolute atomic E-state index is 0.235. The Balaban J connectivity index is 3.17. The quantitative estimate of drug-likeness (QED) is 0.578. The standard InChI is InChI=1S/C6H14F2P2/c1-3-5(7)9-10-6(8)4-2/h5-6,9-10H,3-4H2,1-2H3/p+1. The van der Waals surface area contributed by atoms with E-state index in [1.807, 2.05) is 0 Å². The molecule has 4 heteroatoms. The molecular weight excluding hydrogens is 172 g/mol. The lowest BCUT2D eigenvalue weighted by atomic mass is 10.6. The Morgan fingerprint density at radius 1 is 1.30 bits per heavy atom. The minimum Gasteiger partial charge on any atom is -0.239 e. The average Bonchev–Trinajstić information content (AvgIpc) is 1.99. The van der Waals surface area contributed by atoms with E-state index >= 15 is 0 Å². The van der Waals surface area contributed by atoms with Gasteiger partial charge in [0.2, 0.25) is 5.91 Å². The Morgan fingerprint density at radius 3 is 2.30 bits per heavy atom. The fraction of sp³-hybridized carbons (Fsp3) is 1.00. The molecule has 0 aliphatic carbocycles. The van der Waals surface area contributed by atoms with Crippen LogP contribution in [0.25, 0.3) is 0 Å². The molecule has 0 aromatic rings. The Labute approximate surface area is 64.6 Å². The van der Waals surface area contributed by atoms with E-state index in [1.165, 1.54) is 0 Å². The molecule has 0 saturated heterocycles. The number of alkyl halides is 2. The zero-order valence-electron chi connectivity index (χ0n) is 6.40. The molecular formula is C6H15F2P2+. The highest BCUT2D eigenvalue weighted by atomic mass is 32.0. The summed E-state index contributed by atoms with van der Waals surface area (Å²) >= 11 is 0. The summed E-state index contributed by atoms with van der Waals surface area (Å²) in [5, 5.41) is 0. The van der Waals surface area contributed by atoms with Gasteiger partial charge in [-0.1, -0.05) is 13.8 Å². The smallest absolute Gasteiger partial charge is 0.202 e. The summed E-state index contributed by atoms with van der Waals surface area (Å²) in [6.07, 6.45) is 1.10. The van der Waals surface area contributed by atoms with Gasteiger partial charge in [-0.15, -0.1) is 0 Å². The van der Waals surface area contributed by atoms with Gasteiger partial charge < -0.3 is 0 Å². The monoisotopic (exact) mass is 187 g/mol. The van der Waals surface area contributed by atoms with Crippen molar-refractivity contribution >= 4 is 16.5 Å². The molecule has 0 aromatic heterocycles. The van der Waals surface area contributed by atoms with Crippen LogP contribution in [0.1, 0.15) is 26.7 Å². The van der Waals surface area contributed by atoms with E-state index < -0.39 is 11.8 Å². The van der Waals surface area contributed by atoms with Gasteiger partial charge in [0.15, 0.2) is 5.91 Å². The van der Waals surface area contributed by atoms with Crippen LogP contribution in [0.5, 0.6) is 0 Å². The fourth-order valence-corrected chi connectivity index (χ4v) is 4.00. The zero-order chi connectivity index (χ0) is 7.98. The molecule has 4 unspecified atom stereocenters. The van der Waals surface area contributed by atoms with Crippen LogP contribution < -0.4 is 0 Å². The molecule has 0 aliphatic rings. The van der Waals surface area contributed by atoms with E-state index in [0.29, 0.717) is 12.8 Å². The number of hydrogen-bond acceptors (Lipinski definition) is 0. The SMILES string of the molecule is CCC(F)P[PH2+]C(F)CC. The van der Waals surface area contributed by atoms with Crippen LogP contribution in [0.4, 0.5) is 8.78 Å². The summed E-state index contributed by atoms with van der Waals surface area (Å²) in [5.74, 6) is -1.44. The summed E-state index contributed by atoms with van der Waals surface area (Å²) < 4.78 is 25.0. The molecule has 0 bridgehead atoms. The van der Waals surface area contributed by atoms with Crippen LogP contribution in [-0.4, -0.2) is 11.8 Å². The van der Waals surface area contributed by atoms with Gasteiger partial charge in [0.05, 0.1) is 8.27 Å². The highest BCUT2D eigenvalue weighted by molar-refractivity contribution is 8.12. The minimum atomic E-state index is -0.736. The van der Waals surface area contributed by atoms with Crippen molar-refractivity contribution in [3.8, 4) is 0 Å². The predicted molar refractivity (Wildman–Crippen MR) is 48.4 cm³/mol. The number of hydrogen-bond donors (Lipinski definition) is 0. The van der Waals surface area contributed by atoms with Gasteiger partial charge in [0.1, 0.15) is 0 Å². The Kier molecular flexibility index (Phi) is 6.89. The first-order valence-electron chi connectivity index (χ1n) is 3.58. The van der Waals surface area contributed by atoms with Crippen molar-refractivity contribution in [3.63, 3.8) is 0 Å². The van der Waals surface area contributed by atoms with Crippen molar-refractivity contribution in [2.45, 2.75) is 38.5 Å². The van der Waals surface area contributed by atoms with Crippen molar-refractivity contribution in [2.24, 2.45) is 0 Å². The van der Waals surface area contributed by atoms with Gasteiger partial charge in [-0.2, -0.15) is 0 Å². The lowest BCUT2D eigenvalue weighted by molar-refractivity contribution is 0.434. The van der Waals surface area contributed by atoms with E-state index in [9.17, 15) is 8.78 Å².